The zero-order chi connectivity index (χ0) is 16.4. The Morgan fingerprint density at radius 3 is 2.14 bits per heavy atom. The largest absolute Gasteiger partial charge is 0.550 e. The van der Waals surface area contributed by atoms with Gasteiger partial charge in [0.1, 0.15) is 11.4 Å². The van der Waals surface area contributed by atoms with E-state index in [2.05, 4.69) is 12.7 Å². The summed E-state index contributed by atoms with van der Waals surface area (Å²) >= 11 is 0. The number of unbranched alkanes of at least 4 members (excludes halogenated alkanes) is 2. The van der Waals surface area contributed by atoms with E-state index < -0.39 is 5.97 Å². The summed E-state index contributed by atoms with van der Waals surface area (Å²) < 4.78 is 0. The minimum Gasteiger partial charge on any atom is -0.550 e. The van der Waals surface area contributed by atoms with Crippen molar-refractivity contribution in [1.82, 2.24) is 0 Å². The second-order valence-electron chi connectivity index (χ2n) is 5.50. The summed E-state index contributed by atoms with van der Waals surface area (Å²) in [6.07, 6.45) is 4.77. The maximum absolute atomic E-state index is 10.4. The molecule has 0 aliphatic heterocycles. The lowest BCUT2D eigenvalue weighted by Crippen LogP contribution is -2.40. The Balaban J connectivity index is 0.000000382. The van der Waals surface area contributed by atoms with Gasteiger partial charge in [0.15, 0.2) is 0 Å². The molecule has 0 aliphatic rings. The van der Waals surface area contributed by atoms with Gasteiger partial charge in [-0.1, -0.05) is 33.1 Å². The first-order valence-electron chi connectivity index (χ1n) is 7.66. The molecule has 0 spiro atoms. The molecule has 4 nitrogen and oxygen atoms in total. The summed E-state index contributed by atoms with van der Waals surface area (Å²) in [5.41, 5.74) is 6.51. The molecule has 0 radical (unpaired) electrons. The number of phenolic OH excluding ortho intramolecular Hbond substituents is 1. The van der Waals surface area contributed by atoms with Crippen molar-refractivity contribution in [2.24, 2.45) is 5.92 Å². The van der Waals surface area contributed by atoms with Crippen LogP contribution in [0.3, 0.4) is 0 Å². The minimum atomic E-state index is -0.886. The van der Waals surface area contributed by atoms with Gasteiger partial charge in [0.25, 0.3) is 0 Å². The number of rotatable bonds is 6. The maximum Gasteiger partial charge on any atom is 0.128 e. The van der Waals surface area contributed by atoms with Crippen LogP contribution in [0.4, 0.5) is 5.69 Å². The monoisotopic (exact) mass is 295 g/mol. The third-order valence-corrected chi connectivity index (χ3v) is 3.53. The number of carbonyl (C=O) groups is 1. The molecular weight excluding hydrogens is 266 g/mol. The Labute approximate surface area is 128 Å². The topological polar surface area (TPSA) is 88.0 Å². The Bertz CT molecular complexity index is 421. The summed E-state index contributed by atoms with van der Waals surface area (Å²) in [7, 11) is 0. The van der Waals surface area contributed by atoms with Gasteiger partial charge in [0.05, 0.1) is 0 Å². The highest BCUT2D eigenvalue weighted by Gasteiger charge is 2.05. The van der Waals surface area contributed by atoms with Gasteiger partial charge in [0, 0.05) is 18.1 Å². The molecular formula is C17H29NO3. The van der Waals surface area contributed by atoms with Gasteiger partial charge in [0.2, 0.25) is 0 Å². The molecule has 1 unspecified atom stereocenters. The SMILES string of the molecule is CCCCCC(CC)C(=O)[O-].Cc1cc([NH3+])cc(C)c1O. The second kappa shape index (κ2) is 10.2. The molecule has 0 fully saturated rings. The number of hydrogen-bond donors (Lipinski definition) is 2. The number of carboxylic acid groups (broad SMARTS) is 1. The van der Waals surface area contributed by atoms with Gasteiger partial charge in [-0.3, -0.25) is 0 Å². The van der Waals surface area contributed by atoms with Crippen LogP contribution in [0.2, 0.25) is 0 Å². The number of benzene rings is 1. The van der Waals surface area contributed by atoms with E-state index in [1.54, 1.807) is 0 Å². The van der Waals surface area contributed by atoms with E-state index in [1.165, 1.54) is 0 Å². The predicted molar refractivity (Wildman–Crippen MR) is 83.1 cm³/mol. The fraction of sp³-hybridized carbons (Fsp3) is 0.588. The van der Waals surface area contributed by atoms with E-state index in [4.69, 9.17) is 0 Å². The van der Waals surface area contributed by atoms with E-state index in [0.29, 0.717) is 12.2 Å². The molecule has 1 aromatic rings. The van der Waals surface area contributed by atoms with Gasteiger partial charge in [-0.2, -0.15) is 0 Å². The van der Waals surface area contributed by atoms with Crippen LogP contribution in [-0.2, 0) is 4.79 Å². The number of hydrogen-bond acceptors (Lipinski definition) is 3. The molecule has 0 amide bonds. The lowest BCUT2D eigenvalue weighted by Gasteiger charge is -2.14. The molecule has 0 heterocycles. The molecule has 0 aliphatic carbocycles. The molecule has 120 valence electrons. The van der Waals surface area contributed by atoms with Crippen molar-refractivity contribution in [2.45, 2.75) is 59.8 Å². The minimum absolute atomic E-state index is 0.221. The smallest absolute Gasteiger partial charge is 0.128 e. The van der Waals surface area contributed by atoms with Crippen molar-refractivity contribution in [1.29, 1.82) is 0 Å². The maximum atomic E-state index is 10.4. The van der Waals surface area contributed by atoms with E-state index in [0.717, 1.165) is 42.5 Å². The number of carboxylic acids is 1. The molecule has 4 heteroatoms. The highest BCUT2D eigenvalue weighted by molar-refractivity contribution is 5.67. The third kappa shape index (κ3) is 7.71. The van der Waals surface area contributed by atoms with Crippen molar-refractivity contribution in [3.8, 4) is 5.75 Å². The Kier molecular flexibility index (Phi) is 9.46. The van der Waals surface area contributed by atoms with Crippen molar-refractivity contribution in [3.05, 3.63) is 23.3 Å². The van der Waals surface area contributed by atoms with Crippen LogP contribution in [0.5, 0.6) is 5.75 Å². The fourth-order valence-corrected chi connectivity index (χ4v) is 2.17. The van der Waals surface area contributed by atoms with Crippen LogP contribution in [0.1, 0.15) is 57.1 Å². The molecule has 0 bridgehead atoms. The molecule has 0 saturated heterocycles. The number of aryl methyl sites for hydroxylation is 2. The van der Waals surface area contributed by atoms with Crippen LogP contribution >= 0.6 is 0 Å². The summed E-state index contributed by atoms with van der Waals surface area (Å²) in [5.74, 6) is -0.724. The van der Waals surface area contributed by atoms with Crippen molar-refractivity contribution in [2.75, 3.05) is 0 Å². The van der Waals surface area contributed by atoms with E-state index >= 15 is 0 Å². The summed E-state index contributed by atoms with van der Waals surface area (Å²) in [5, 5.41) is 19.7. The van der Waals surface area contributed by atoms with E-state index in [-0.39, 0.29) is 5.92 Å². The fourth-order valence-electron chi connectivity index (χ4n) is 2.17. The molecule has 1 aromatic carbocycles. The average Bonchev–Trinajstić information content (AvgIpc) is 2.41. The first-order valence-corrected chi connectivity index (χ1v) is 7.66. The van der Waals surface area contributed by atoms with Crippen molar-refractivity contribution in [3.63, 3.8) is 0 Å². The number of quaternary nitrogens is 1. The lowest BCUT2D eigenvalue weighted by molar-refractivity contribution is -0.312. The standard InChI is InChI=1S/C9H18O2.C8H11NO/c1-3-5-6-7-8(4-2)9(10)11;1-5-3-7(9)4-6(2)8(5)10/h8H,3-7H2,1-2H3,(H,10,11);3-4,10H,9H2,1-2H3. The number of carbonyl (C=O) groups excluding carboxylic acids is 1. The molecule has 1 atom stereocenters. The number of phenols is 1. The zero-order valence-corrected chi connectivity index (χ0v) is 13.7. The molecule has 1 rings (SSSR count). The molecule has 0 saturated carbocycles. The van der Waals surface area contributed by atoms with Gasteiger partial charge in [-0.25, -0.2) is 0 Å². The summed E-state index contributed by atoms with van der Waals surface area (Å²) in [6, 6.07) is 3.73. The molecule has 21 heavy (non-hydrogen) atoms. The predicted octanol–water partition coefficient (Wildman–Crippen LogP) is 2.23. The lowest BCUT2D eigenvalue weighted by atomic mass is 9.99. The molecule has 0 aromatic heterocycles. The van der Waals surface area contributed by atoms with Crippen LogP contribution in [-0.4, -0.2) is 11.1 Å². The van der Waals surface area contributed by atoms with Crippen LogP contribution < -0.4 is 10.8 Å². The Morgan fingerprint density at radius 1 is 1.24 bits per heavy atom. The van der Waals surface area contributed by atoms with Crippen LogP contribution in [0, 0.1) is 19.8 Å². The zero-order valence-electron chi connectivity index (χ0n) is 13.7. The van der Waals surface area contributed by atoms with Gasteiger partial charge >= 0.3 is 0 Å². The third-order valence-electron chi connectivity index (χ3n) is 3.53. The summed E-state index contributed by atoms with van der Waals surface area (Å²) in [4.78, 5) is 10.4. The number of aromatic hydroxyl groups is 1. The highest BCUT2D eigenvalue weighted by atomic mass is 16.4. The van der Waals surface area contributed by atoms with Crippen molar-refractivity contribution >= 4 is 11.7 Å². The Hall–Kier alpha value is -1.55. The van der Waals surface area contributed by atoms with Gasteiger partial charge < -0.3 is 20.7 Å². The van der Waals surface area contributed by atoms with Crippen molar-refractivity contribution < 1.29 is 20.7 Å². The second-order valence-corrected chi connectivity index (χ2v) is 5.50. The van der Waals surface area contributed by atoms with Gasteiger partial charge in [-0.15, -0.1) is 0 Å². The van der Waals surface area contributed by atoms with E-state index in [9.17, 15) is 15.0 Å². The normalized spacial score (nSPS) is 11.5. The Morgan fingerprint density at radius 2 is 1.76 bits per heavy atom. The number of aliphatic carboxylic acids is 1. The average molecular weight is 295 g/mol. The van der Waals surface area contributed by atoms with Crippen LogP contribution in [0.15, 0.2) is 12.1 Å². The quantitative estimate of drug-likeness (QED) is 0.789. The van der Waals surface area contributed by atoms with Gasteiger partial charge in [-0.05, 0) is 43.7 Å². The van der Waals surface area contributed by atoms with E-state index in [1.807, 2.05) is 32.9 Å². The van der Waals surface area contributed by atoms with Crippen LogP contribution in [0.25, 0.3) is 0 Å². The molecule has 4 N–H and O–H groups in total. The first-order chi connectivity index (χ1) is 9.83. The summed E-state index contributed by atoms with van der Waals surface area (Å²) in [6.45, 7) is 7.75. The first kappa shape index (κ1) is 19.4. The highest BCUT2D eigenvalue weighted by Crippen LogP contribution is 2.22.